The number of nitro benzene ring substituents is 1. The Morgan fingerprint density at radius 2 is 2.22 bits per heavy atom. The molecule has 1 aromatic rings. The van der Waals surface area contributed by atoms with Gasteiger partial charge in [0.2, 0.25) is 0 Å². The maximum Gasteiger partial charge on any atom is 0.274 e. The zero-order chi connectivity index (χ0) is 13.5. The average molecular weight is 260 g/mol. The number of rotatable bonds is 7. The molecule has 0 bridgehead atoms. The number of nitrogens with zero attached hydrogens (tertiary/aromatic N) is 1. The lowest BCUT2D eigenvalue weighted by molar-refractivity contribution is -0.385. The predicted octanol–water partition coefficient (Wildman–Crippen LogP) is 2.60. The summed E-state index contributed by atoms with van der Waals surface area (Å²) in [6.45, 7) is 1.47. The highest BCUT2D eigenvalue weighted by Gasteiger charge is 2.10. The normalized spacial score (nSPS) is 10.7. The van der Waals surface area contributed by atoms with Crippen LogP contribution in [0.3, 0.4) is 0 Å². The van der Waals surface area contributed by atoms with Gasteiger partial charge in [-0.1, -0.05) is 6.07 Å². The Morgan fingerprint density at radius 3 is 2.83 bits per heavy atom. The van der Waals surface area contributed by atoms with Crippen LogP contribution < -0.4 is 5.32 Å². The van der Waals surface area contributed by atoms with E-state index >= 15 is 0 Å². The number of nitro groups is 1. The van der Waals surface area contributed by atoms with Gasteiger partial charge in [0.25, 0.3) is 12.1 Å². The molecule has 0 aromatic heterocycles. The van der Waals surface area contributed by atoms with Crippen molar-refractivity contribution in [1.29, 1.82) is 0 Å². The van der Waals surface area contributed by atoms with Crippen LogP contribution in [0, 0.1) is 17.0 Å². The molecule has 1 aromatic carbocycles. The fourth-order valence-electron chi connectivity index (χ4n) is 1.36. The molecule has 0 atom stereocenters. The summed E-state index contributed by atoms with van der Waals surface area (Å²) in [5, 5.41) is 13.6. The number of halogens is 2. The largest absolute Gasteiger partial charge is 0.383 e. The van der Waals surface area contributed by atoms with Crippen molar-refractivity contribution in [2.75, 3.05) is 25.1 Å². The first-order valence-electron chi connectivity index (χ1n) is 5.35. The predicted molar refractivity (Wildman–Crippen MR) is 63.1 cm³/mol. The van der Waals surface area contributed by atoms with Gasteiger partial charge in [-0.2, -0.15) is 0 Å². The van der Waals surface area contributed by atoms with E-state index in [1.807, 2.05) is 0 Å². The number of aryl methyl sites for hydroxylation is 1. The molecule has 1 N–H and O–H groups in total. The topological polar surface area (TPSA) is 64.4 Å². The summed E-state index contributed by atoms with van der Waals surface area (Å²) in [5.41, 5.74) is 1.15. The van der Waals surface area contributed by atoms with Gasteiger partial charge in [0.1, 0.15) is 6.61 Å². The molecule has 0 aliphatic heterocycles. The third-order valence-corrected chi connectivity index (χ3v) is 2.23. The highest BCUT2D eigenvalue weighted by Crippen LogP contribution is 2.21. The molecule has 0 saturated heterocycles. The second-order valence-corrected chi connectivity index (χ2v) is 3.65. The lowest BCUT2D eigenvalue weighted by Gasteiger charge is -2.07. The molecule has 7 heteroatoms. The van der Waals surface area contributed by atoms with Crippen molar-refractivity contribution in [1.82, 2.24) is 0 Å². The molecule has 0 fully saturated rings. The number of ether oxygens (including phenoxy) is 1. The van der Waals surface area contributed by atoms with E-state index in [0.717, 1.165) is 0 Å². The lowest BCUT2D eigenvalue weighted by atomic mass is 10.2. The first-order valence-corrected chi connectivity index (χ1v) is 5.35. The van der Waals surface area contributed by atoms with Gasteiger partial charge in [-0.3, -0.25) is 10.1 Å². The third-order valence-electron chi connectivity index (χ3n) is 2.23. The lowest BCUT2D eigenvalue weighted by Crippen LogP contribution is -2.13. The second kappa shape index (κ2) is 6.85. The van der Waals surface area contributed by atoms with Gasteiger partial charge in [-0.15, -0.1) is 0 Å². The van der Waals surface area contributed by atoms with Crippen molar-refractivity contribution in [3.63, 3.8) is 0 Å². The minimum atomic E-state index is -2.48. The summed E-state index contributed by atoms with van der Waals surface area (Å²) in [4.78, 5) is 10.2. The van der Waals surface area contributed by atoms with Gasteiger partial charge in [0.05, 0.1) is 11.5 Å². The van der Waals surface area contributed by atoms with E-state index in [1.165, 1.54) is 6.07 Å². The summed E-state index contributed by atoms with van der Waals surface area (Å²) in [5.74, 6) is 0. The molecule has 0 spiro atoms. The smallest absolute Gasteiger partial charge is 0.274 e. The van der Waals surface area contributed by atoms with E-state index in [4.69, 9.17) is 0 Å². The van der Waals surface area contributed by atoms with Crippen LogP contribution in [-0.2, 0) is 4.74 Å². The molecular formula is C11H14F2N2O3. The van der Waals surface area contributed by atoms with Crippen LogP contribution in [0.25, 0.3) is 0 Å². The Balaban J connectivity index is 2.43. The van der Waals surface area contributed by atoms with Crippen molar-refractivity contribution < 1.29 is 18.4 Å². The maximum atomic E-state index is 11.8. The van der Waals surface area contributed by atoms with Crippen LogP contribution in [0.4, 0.5) is 20.2 Å². The van der Waals surface area contributed by atoms with E-state index in [1.54, 1.807) is 19.1 Å². The standard InChI is InChI=1S/C11H14F2N2O3/c1-8-2-3-9(6-10(8)15(16)17)14-4-5-18-7-11(12)13/h2-3,6,11,14H,4-5,7H2,1H3. The molecule has 18 heavy (non-hydrogen) atoms. The van der Waals surface area contributed by atoms with Crippen molar-refractivity contribution >= 4 is 11.4 Å². The quantitative estimate of drug-likeness (QED) is 0.465. The zero-order valence-electron chi connectivity index (χ0n) is 9.86. The molecule has 0 unspecified atom stereocenters. The fraction of sp³-hybridized carbons (Fsp3) is 0.455. The minimum Gasteiger partial charge on any atom is -0.383 e. The molecule has 0 heterocycles. The van der Waals surface area contributed by atoms with Gasteiger partial charge >= 0.3 is 0 Å². The van der Waals surface area contributed by atoms with E-state index in [9.17, 15) is 18.9 Å². The summed E-state index contributed by atoms with van der Waals surface area (Å²) < 4.78 is 28.2. The second-order valence-electron chi connectivity index (χ2n) is 3.65. The molecule has 0 aliphatic carbocycles. The SMILES string of the molecule is Cc1ccc(NCCOCC(F)F)cc1[N+](=O)[O-]. The van der Waals surface area contributed by atoms with Crippen molar-refractivity contribution in [2.45, 2.75) is 13.3 Å². The molecule has 100 valence electrons. The van der Waals surface area contributed by atoms with E-state index in [2.05, 4.69) is 10.1 Å². The van der Waals surface area contributed by atoms with E-state index in [0.29, 0.717) is 17.8 Å². The Labute approximate surface area is 103 Å². The Morgan fingerprint density at radius 1 is 1.50 bits per heavy atom. The molecule has 0 aliphatic rings. The van der Waals surface area contributed by atoms with Crippen molar-refractivity contribution in [3.8, 4) is 0 Å². The van der Waals surface area contributed by atoms with Gasteiger partial charge in [-0.25, -0.2) is 8.78 Å². The summed E-state index contributed by atoms with van der Waals surface area (Å²) in [6, 6.07) is 4.72. The van der Waals surface area contributed by atoms with Crippen LogP contribution in [0.15, 0.2) is 18.2 Å². The van der Waals surface area contributed by atoms with Gasteiger partial charge in [0, 0.05) is 23.9 Å². The molecule has 5 nitrogen and oxygen atoms in total. The highest BCUT2D eigenvalue weighted by atomic mass is 19.3. The van der Waals surface area contributed by atoms with Crippen LogP contribution >= 0.6 is 0 Å². The molecule has 0 radical (unpaired) electrons. The fourth-order valence-corrected chi connectivity index (χ4v) is 1.36. The summed E-state index contributed by atoms with van der Waals surface area (Å²) >= 11 is 0. The minimum absolute atomic E-state index is 0.0218. The first kappa shape index (κ1) is 14.3. The molecule has 0 saturated carbocycles. The van der Waals surface area contributed by atoms with Gasteiger partial charge in [0.15, 0.2) is 0 Å². The Bertz CT molecular complexity index is 413. The zero-order valence-corrected chi connectivity index (χ0v) is 9.86. The van der Waals surface area contributed by atoms with Crippen LogP contribution in [-0.4, -0.2) is 31.1 Å². The van der Waals surface area contributed by atoms with Gasteiger partial charge < -0.3 is 10.1 Å². The number of benzene rings is 1. The maximum absolute atomic E-state index is 11.8. The van der Waals surface area contributed by atoms with Crippen LogP contribution in [0.2, 0.25) is 0 Å². The molecule has 0 amide bonds. The third kappa shape index (κ3) is 4.62. The Hall–Kier alpha value is -1.76. The molecule has 1 rings (SSSR count). The monoisotopic (exact) mass is 260 g/mol. The number of alkyl halides is 2. The van der Waals surface area contributed by atoms with Crippen LogP contribution in [0.1, 0.15) is 5.56 Å². The number of hydrogen-bond acceptors (Lipinski definition) is 4. The highest BCUT2D eigenvalue weighted by molar-refractivity contribution is 5.54. The van der Waals surface area contributed by atoms with E-state index < -0.39 is 18.0 Å². The van der Waals surface area contributed by atoms with Crippen LogP contribution in [0.5, 0.6) is 0 Å². The number of hydrogen-bond donors (Lipinski definition) is 1. The Kier molecular flexibility index (Phi) is 5.44. The summed E-state index contributed by atoms with van der Waals surface area (Å²) in [7, 11) is 0. The first-order chi connectivity index (χ1) is 8.50. The summed E-state index contributed by atoms with van der Waals surface area (Å²) in [6.07, 6.45) is -2.48. The average Bonchev–Trinajstić information content (AvgIpc) is 2.30. The van der Waals surface area contributed by atoms with Crippen molar-refractivity contribution in [2.24, 2.45) is 0 Å². The van der Waals surface area contributed by atoms with Gasteiger partial charge in [-0.05, 0) is 13.0 Å². The van der Waals surface area contributed by atoms with E-state index in [-0.39, 0.29) is 12.3 Å². The van der Waals surface area contributed by atoms with Crippen molar-refractivity contribution in [3.05, 3.63) is 33.9 Å². The number of nitrogens with one attached hydrogen (secondary N) is 1. The molecular weight excluding hydrogens is 246 g/mol. The number of anilines is 1.